The Morgan fingerprint density at radius 2 is 1.78 bits per heavy atom. The number of hydrogen-bond donors (Lipinski definition) is 2. The molecule has 0 aliphatic carbocycles. The number of ether oxygens (including phenoxy) is 2. The van der Waals surface area contributed by atoms with Gasteiger partial charge in [-0.2, -0.15) is 0 Å². The SMILES string of the molecule is CCCCCCCC=CC1(C)CCc2c(C)c(OC(CC)CP(=O)(O)O)c(C)c(C)c2O1. The van der Waals surface area contributed by atoms with E-state index in [4.69, 9.17) is 9.47 Å². The summed E-state index contributed by atoms with van der Waals surface area (Å²) < 4.78 is 24.2. The zero-order valence-corrected chi connectivity index (χ0v) is 21.8. The molecule has 32 heavy (non-hydrogen) atoms. The lowest BCUT2D eigenvalue weighted by molar-refractivity contribution is 0.112. The standard InChI is InChI=1S/C26H43O5P/c1-7-9-10-11-12-13-14-16-26(6)17-15-23-21(5)24(19(3)20(4)25(23)31-26)30-22(8-2)18-32(27,28)29/h14,16,22H,7-13,15,17-18H2,1-6H3,(H2,27,28,29). The van der Waals surface area contributed by atoms with Crippen LogP contribution in [0.2, 0.25) is 0 Å². The summed E-state index contributed by atoms with van der Waals surface area (Å²) in [4.78, 5) is 18.8. The fourth-order valence-electron chi connectivity index (χ4n) is 4.43. The Kier molecular flexibility index (Phi) is 9.87. The van der Waals surface area contributed by atoms with Gasteiger partial charge in [0.05, 0.1) is 6.16 Å². The summed E-state index contributed by atoms with van der Waals surface area (Å²) >= 11 is 0. The van der Waals surface area contributed by atoms with E-state index in [-0.39, 0.29) is 11.8 Å². The maximum Gasteiger partial charge on any atom is 0.329 e. The van der Waals surface area contributed by atoms with Crippen LogP contribution in [0.1, 0.15) is 94.4 Å². The predicted molar refractivity (Wildman–Crippen MR) is 132 cm³/mol. The number of fused-ring (bicyclic) bond motifs is 1. The highest BCUT2D eigenvalue weighted by molar-refractivity contribution is 7.51. The Morgan fingerprint density at radius 3 is 2.41 bits per heavy atom. The first kappa shape index (κ1) is 27.0. The molecule has 182 valence electrons. The van der Waals surface area contributed by atoms with E-state index in [0.29, 0.717) is 6.42 Å². The highest BCUT2D eigenvalue weighted by Gasteiger charge is 2.33. The lowest BCUT2D eigenvalue weighted by atomic mass is 9.86. The van der Waals surface area contributed by atoms with Gasteiger partial charge in [0.25, 0.3) is 0 Å². The molecule has 6 heteroatoms. The molecule has 5 nitrogen and oxygen atoms in total. The summed E-state index contributed by atoms with van der Waals surface area (Å²) in [6.45, 7) is 12.4. The first-order chi connectivity index (χ1) is 15.0. The first-order valence-electron chi connectivity index (χ1n) is 12.2. The highest BCUT2D eigenvalue weighted by Crippen LogP contribution is 2.45. The summed E-state index contributed by atoms with van der Waals surface area (Å²) in [6.07, 6.45) is 13.6. The highest BCUT2D eigenvalue weighted by atomic mass is 31.2. The molecule has 0 amide bonds. The lowest BCUT2D eigenvalue weighted by Gasteiger charge is -2.36. The summed E-state index contributed by atoms with van der Waals surface area (Å²) in [5.41, 5.74) is 3.89. The molecule has 2 N–H and O–H groups in total. The second-order valence-electron chi connectivity index (χ2n) is 9.53. The topological polar surface area (TPSA) is 76.0 Å². The Labute approximate surface area is 194 Å². The molecule has 1 heterocycles. The maximum absolute atomic E-state index is 11.5. The van der Waals surface area contributed by atoms with E-state index in [1.165, 1.54) is 32.1 Å². The van der Waals surface area contributed by atoms with Gasteiger partial charge in [-0.25, -0.2) is 0 Å². The molecule has 0 fully saturated rings. The molecule has 1 aliphatic rings. The van der Waals surface area contributed by atoms with Crippen molar-refractivity contribution in [3.8, 4) is 11.5 Å². The molecule has 0 saturated carbocycles. The van der Waals surface area contributed by atoms with Crippen molar-refractivity contribution in [2.45, 2.75) is 111 Å². The van der Waals surface area contributed by atoms with Gasteiger partial charge < -0.3 is 19.3 Å². The van der Waals surface area contributed by atoms with Crippen LogP contribution in [0.5, 0.6) is 11.5 Å². The number of allylic oxidation sites excluding steroid dienone is 1. The van der Waals surface area contributed by atoms with Gasteiger partial charge in [0, 0.05) is 5.56 Å². The summed E-state index contributed by atoms with van der Waals surface area (Å²) in [5, 5.41) is 0. The average molecular weight is 467 g/mol. The molecule has 0 bridgehead atoms. The maximum atomic E-state index is 11.5. The third-order valence-corrected chi connectivity index (χ3v) is 7.53. The molecule has 0 radical (unpaired) electrons. The minimum absolute atomic E-state index is 0.268. The Bertz CT molecular complexity index is 841. The second kappa shape index (κ2) is 11.7. The molecule has 0 saturated heterocycles. The van der Waals surface area contributed by atoms with Crippen LogP contribution in [0.15, 0.2) is 12.2 Å². The molecule has 2 rings (SSSR count). The van der Waals surface area contributed by atoms with E-state index in [1.54, 1.807) is 0 Å². The third-order valence-electron chi connectivity index (χ3n) is 6.64. The van der Waals surface area contributed by atoms with Crippen molar-refractivity contribution in [1.82, 2.24) is 0 Å². The van der Waals surface area contributed by atoms with Gasteiger partial charge in [0.15, 0.2) is 0 Å². The van der Waals surface area contributed by atoms with Gasteiger partial charge >= 0.3 is 7.60 Å². The van der Waals surface area contributed by atoms with Crippen LogP contribution in [-0.4, -0.2) is 27.7 Å². The first-order valence-corrected chi connectivity index (χ1v) is 14.0. The Balaban J connectivity index is 2.17. The van der Waals surface area contributed by atoms with Crippen molar-refractivity contribution >= 4 is 7.60 Å². The fraction of sp³-hybridized carbons (Fsp3) is 0.692. The normalized spacial score (nSPS) is 19.6. The molecular formula is C26H43O5P. The van der Waals surface area contributed by atoms with E-state index in [0.717, 1.165) is 53.0 Å². The summed E-state index contributed by atoms with van der Waals surface area (Å²) in [6, 6.07) is 0. The van der Waals surface area contributed by atoms with Gasteiger partial charge in [-0.15, -0.1) is 0 Å². The zero-order valence-electron chi connectivity index (χ0n) is 20.9. The number of benzene rings is 1. The van der Waals surface area contributed by atoms with Gasteiger partial charge in [-0.3, -0.25) is 4.57 Å². The molecule has 2 unspecified atom stereocenters. The monoisotopic (exact) mass is 466 g/mol. The van der Waals surface area contributed by atoms with Gasteiger partial charge in [-0.05, 0) is 82.6 Å². The number of rotatable bonds is 12. The predicted octanol–water partition coefficient (Wildman–Crippen LogP) is 6.95. The van der Waals surface area contributed by atoms with Crippen molar-refractivity contribution in [3.63, 3.8) is 0 Å². The fourth-order valence-corrected chi connectivity index (χ4v) is 5.29. The molecule has 1 aromatic carbocycles. The number of unbranched alkanes of at least 4 members (excludes halogenated alkanes) is 5. The van der Waals surface area contributed by atoms with Gasteiger partial charge in [0.1, 0.15) is 23.2 Å². The summed E-state index contributed by atoms with van der Waals surface area (Å²) in [7, 11) is -4.14. The Hall–Kier alpha value is -1.29. The van der Waals surface area contributed by atoms with Crippen LogP contribution in [0.4, 0.5) is 0 Å². The molecule has 0 aromatic heterocycles. The average Bonchev–Trinajstić information content (AvgIpc) is 2.72. The molecular weight excluding hydrogens is 423 g/mol. The van der Waals surface area contributed by atoms with E-state index in [2.05, 4.69) is 26.0 Å². The second-order valence-corrected chi connectivity index (χ2v) is 11.2. The number of hydrogen-bond acceptors (Lipinski definition) is 3. The zero-order chi connectivity index (χ0) is 23.9. The van der Waals surface area contributed by atoms with Crippen molar-refractivity contribution in [2.24, 2.45) is 0 Å². The van der Waals surface area contributed by atoms with Crippen LogP contribution >= 0.6 is 7.60 Å². The third kappa shape index (κ3) is 7.37. The van der Waals surface area contributed by atoms with Crippen LogP contribution < -0.4 is 9.47 Å². The minimum Gasteiger partial charge on any atom is -0.489 e. The van der Waals surface area contributed by atoms with Crippen molar-refractivity contribution in [2.75, 3.05) is 6.16 Å². The van der Waals surface area contributed by atoms with Crippen molar-refractivity contribution < 1.29 is 23.8 Å². The van der Waals surface area contributed by atoms with E-state index >= 15 is 0 Å². The van der Waals surface area contributed by atoms with Crippen LogP contribution in [-0.2, 0) is 11.0 Å². The van der Waals surface area contributed by atoms with Crippen LogP contribution in [0.25, 0.3) is 0 Å². The largest absolute Gasteiger partial charge is 0.489 e. The molecule has 1 aliphatic heterocycles. The summed E-state index contributed by atoms with van der Waals surface area (Å²) in [5.74, 6) is 1.69. The molecule has 2 atom stereocenters. The van der Waals surface area contributed by atoms with Gasteiger partial charge in [-0.1, -0.05) is 45.6 Å². The molecule has 0 spiro atoms. The van der Waals surface area contributed by atoms with E-state index in [1.807, 2.05) is 27.7 Å². The van der Waals surface area contributed by atoms with Crippen LogP contribution in [0, 0.1) is 20.8 Å². The van der Waals surface area contributed by atoms with Gasteiger partial charge in [0.2, 0.25) is 0 Å². The Morgan fingerprint density at radius 1 is 1.09 bits per heavy atom. The van der Waals surface area contributed by atoms with E-state index < -0.39 is 13.7 Å². The quantitative estimate of drug-likeness (QED) is 0.198. The lowest BCUT2D eigenvalue weighted by Crippen LogP contribution is -2.35. The smallest absolute Gasteiger partial charge is 0.329 e. The van der Waals surface area contributed by atoms with E-state index in [9.17, 15) is 14.4 Å². The van der Waals surface area contributed by atoms with Crippen molar-refractivity contribution in [3.05, 3.63) is 34.4 Å². The van der Waals surface area contributed by atoms with Crippen molar-refractivity contribution in [1.29, 1.82) is 0 Å². The molecule has 1 aromatic rings. The minimum atomic E-state index is -4.14. The van der Waals surface area contributed by atoms with Crippen LogP contribution in [0.3, 0.4) is 0 Å².